The summed E-state index contributed by atoms with van der Waals surface area (Å²) in [6.07, 6.45) is 1.24. The molecule has 4 rings (SSSR count). The number of fused-ring (bicyclic) bond motifs is 5. The lowest BCUT2D eigenvalue weighted by Crippen LogP contribution is -2.11. The van der Waals surface area contributed by atoms with Crippen LogP contribution in [-0.4, -0.2) is 18.9 Å². The summed E-state index contributed by atoms with van der Waals surface area (Å²) in [4.78, 5) is 5.40. The van der Waals surface area contributed by atoms with Crippen molar-refractivity contribution in [2.45, 2.75) is 18.3 Å². The number of nitrogens with two attached hydrogens (primary N) is 1. The lowest BCUT2D eigenvalue weighted by molar-refractivity contribution is 0.152. The van der Waals surface area contributed by atoms with Crippen molar-refractivity contribution in [1.29, 1.82) is 0 Å². The summed E-state index contributed by atoms with van der Waals surface area (Å²) < 4.78 is 0. The van der Waals surface area contributed by atoms with Crippen LogP contribution in [0.3, 0.4) is 0 Å². The zero-order chi connectivity index (χ0) is 14.2. The van der Waals surface area contributed by atoms with Crippen LogP contribution in [0.25, 0.3) is 0 Å². The van der Waals surface area contributed by atoms with E-state index in [1.165, 1.54) is 28.7 Å². The maximum atomic E-state index is 5.50. The Kier molecular flexibility index (Phi) is 3.00. The van der Waals surface area contributed by atoms with E-state index in [1.54, 1.807) is 0 Å². The van der Waals surface area contributed by atoms with Crippen molar-refractivity contribution in [2.75, 3.05) is 13.2 Å². The monoisotopic (exact) mass is 278 g/mol. The molecule has 0 spiro atoms. The van der Waals surface area contributed by atoms with Crippen molar-refractivity contribution in [1.82, 2.24) is 0 Å². The fourth-order valence-electron chi connectivity index (χ4n) is 3.36. The van der Waals surface area contributed by atoms with Gasteiger partial charge >= 0.3 is 0 Å². The van der Waals surface area contributed by atoms with E-state index in [0.29, 0.717) is 25.0 Å². The molecular weight excluding hydrogens is 260 g/mol. The molecule has 106 valence electrons. The van der Waals surface area contributed by atoms with E-state index in [-0.39, 0.29) is 0 Å². The third kappa shape index (κ3) is 2.05. The molecule has 2 N–H and O–H groups in total. The summed E-state index contributed by atoms with van der Waals surface area (Å²) in [6.45, 7) is 0.923. The molecular formula is C18H18N2O. The molecule has 2 aromatic rings. The molecule has 1 fully saturated rings. The van der Waals surface area contributed by atoms with Crippen LogP contribution in [0.4, 0.5) is 0 Å². The maximum absolute atomic E-state index is 5.50. The second-order valence-corrected chi connectivity index (χ2v) is 5.68. The lowest BCUT2D eigenvalue weighted by atomic mass is 9.95. The topological polar surface area (TPSA) is 47.6 Å². The minimum Gasteiger partial charge on any atom is -0.394 e. The van der Waals surface area contributed by atoms with Crippen molar-refractivity contribution < 1.29 is 4.84 Å². The van der Waals surface area contributed by atoms with Gasteiger partial charge in [-0.1, -0.05) is 53.7 Å². The third-order valence-electron chi connectivity index (χ3n) is 4.39. The van der Waals surface area contributed by atoms with Crippen LogP contribution in [0.1, 0.15) is 40.5 Å². The van der Waals surface area contributed by atoms with E-state index < -0.39 is 0 Å². The first-order valence-corrected chi connectivity index (χ1v) is 7.48. The molecule has 2 aromatic carbocycles. The van der Waals surface area contributed by atoms with Gasteiger partial charge in [0, 0.05) is 17.7 Å². The van der Waals surface area contributed by atoms with Crippen molar-refractivity contribution >= 4 is 5.71 Å². The van der Waals surface area contributed by atoms with Gasteiger partial charge in [0.2, 0.25) is 0 Å². The Morgan fingerprint density at radius 1 is 0.952 bits per heavy atom. The van der Waals surface area contributed by atoms with Gasteiger partial charge in [-0.3, -0.25) is 0 Å². The Balaban J connectivity index is 1.89. The SMILES string of the molecule is NCCON=C1c2ccccc2[C@H]2C[C@H]2c2ccccc21. The van der Waals surface area contributed by atoms with E-state index >= 15 is 0 Å². The van der Waals surface area contributed by atoms with Crippen LogP contribution < -0.4 is 5.73 Å². The van der Waals surface area contributed by atoms with Gasteiger partial charge in [-0.25, -0.2) is 0 Å². The van der Waals surface area contributed by atoms with E-state index in [2.05, 4.69) is 53.7 Å². The van der Waals surface area contributed by atoms with Crippen LogP contribution in [-0.2, 0) is 4.84 Å². The molecule has 0 saturated heterocycles. The summed E-state index contributed by atoms with van der Waals surface area (Å²) in [5, 5.41) is 4.41. The Bertz CT molecular complexity index is 654. The Labute approximate surface area is 124 Å². The molecule has 0 unspecified atom stereocenters. The summed E-state index contributed by atoms with van der Waals surface area (Å²) in [6, 6.07) is 17.1. The van der Waals surface area contributed by atoms with Gasteiger partial charge in [0.15, 0.2) is 0 Å². The predicted molar refractivity (Wildman–Crippen MR) is 83.6 cm³/mol. The van der Waals surface area contributed by atoms with E-state index in [0.717, 1.165) is 5.71 Å². The minimum atomic E-state index is 0.445. The second kappa shape index (κ2) is 5.01. The Morgan fingerprint density at radius 2 is 1.52 bits per heavy atom. The molecule has 0 heterocycles. The van der Waals surface area contributed by atoms with Crippen LogP contribution in [0.15, 0.2) is 53.7 Å². The number of oxime groups is 1. The van der Waals surface area contributed by atoms with Crippen LogP contribution in [0.2, 0.25) is 0 Å². The van der Waals surface area contributed by atoms with Gasteiger partial charge < -0.3 is 10.6 Å². The van der Waals surface area contributed by atoms with Gasteiger partial charge in [-0.05, 0) is 29.4 Å². The molecule has 0 radical (unpaired) electrons. The largest absolute Gasteiger partial charge is 0.394 e. The third-order valence-corrected chi connectivity index (χ3v) is 4.39. The molecule has 0 aliphatic heterocycles. The smallest absolute Gasteiger partial charge is 0.129 e. The van der Waals surface area contributed by atoms with E-state index in [1.807, 2.05) is 0 Å². The highest BCUT2D eigenvalue weighted by molar-refractivity contribution is 6.15. The standard InChI is InChI=1S/C18H18N2O/c19-9-10-21-20-18-14-7-3-1-5-12(14)16-11-17(16)13-6-2-4-8-15(13)18/h1-8,16-17H,9-11,19H2/t16-,17+. The van der Waals surface area contributed by atoms with Gasteiger partial charge in [0.25, 0.3) is 0 Å². The number of hydrogen-bond acceptors (Lipinski definition) is 3. The first-order valence-electron chi connectivity index (χ1n) is 7.48. The molecule has 0 bridgehead atoms. The quantitative estimate of drug-likeness (QED) is 0.693. The lowest BCUT2D eigenvalue weighted by Gasteiger charge is -2.11. The van der Waals surface area contributed by atoms with Crippen molar-refractivity contribution in [2.24, 2.45) is 10.9 Å². The molecule has 1 saturated carbocycles. The molecule has 3 heteroatoms. The van der Waals surface area contributed by atoms with Gasteiger partial charge in [-0.15, -0.1) is 0 Å². The van der Waals surface area contributed by atoms with E-state index in [9.17, 15) is 0 Å². The maximum Gasteiger partial charge on any atom is 0.129 e. The average Bonchev–Trinajstić information content (AvgIpc) is 3.32. The number of benzene rings is 2. The predicted octanol–water partition coefficient (Wildman–Crippen LogP) is 3.00. The highest BCUT2D eigenvalue weighted by Crippen LogP contribution is 2.58. The number of nitrogens with zero attached hydrogens (tertiary/aromatic N) is 1. The highest BCUT2D eigenvalue weighted by atomic mass is 16.6. The van der Waals surface area contributed by atoms with Gasteiger partial charge in [0.05, 0.1) is 0 Å². The summed E-state index contributed by atoms with van der Waals surface area (Å²) in [7, 11) is 0. The van der Waals surface area contributed by atoms with Crippen LogP contribution >= 0.6 is 0 Å². The molecule has 0 amide bonds. The molecule has 2 atom stereocenters. The number of rotatable bonds is 3. The normalized spacial score (nSPS) is 23.8. The summed E-state index contributed by atoms with van der Waals surface area (Å²) in [5.41, 5.74) is 11.6. The first kappa shape index (κ1) is 12.6. The highest BCUT2D eigenvalue weighted by Gasteiger charge is 2.44. The van der Waals surface area contributed by atoms with Gasteiger partial charge in [0.1, 0.15) is 12.3 Å². The second-order valence-electron chi connectivity index (χ2n) is 5.68. The Hall–Kier alpha value is -2.13. The minimum absolute atomic E-state index is 0.445. The van der Waals surface area contributed by atoms with E-state index in [4.69, 9.17) is 10.6 Å². The molecule has 2 aliphatic carbocycles. The van der Waals surface area contributed by atoms with Gasteiger partial charge in [-0.2, -0.15) is 0 Å². The summed E-state index contributed by atoms with van der Waals surface area (Å²) >= 11 is 0. The summed E-state index contributed by atoms with van der Waals surface area (Å²) in [5.74, 6) is 1.26. The molecule has 0 aromatic heterocycles. The van der Waals surface area contributed by atoms with Crippen molar-refractivity contribution in [3.8, 4) is 0 Å². The molecule has 2 aliphatic rings. The zero-order valence-electron chi connectivity index (χ0n) is 11.8. The number of hydrogen-bond donors (Lipinski definition) is 1. The fourth-order valence-corrected chi connectivity index (χ4v) is 3.36. The van der Waals surface area contributed by atoms with Crippen molar-refractivity contribution in [3.05, 3.63) is 70.8 Å². The van der Waals surface area contributed by atoms with Crippen molar-refractivity contribution in [3.63, 3.8) is 0 Å². The van der Waals surface area contributed by atoms with Crippen LogP contribution in [0, 0.1) is 0 Å². The molecule has 3 nitrogen and oxygen atoms in total. The molecule has 21 heavy (non-hydrogen) atoms. The Morgan fingerprint density at radius 3 is 2.10 bits per heavy atom. The first-order chi connectivity index (χ1) is 10.4. The zero-order valence-corrected chi connectivity index (χ0v) is 11.8. The fraction of sp³-hybridized carbons (Fsp3) is 0.278. The van der Waals surface area contributed by atoms with Crippen LogP contribution in [0.5, 0.6) is 0 Å². The average molecular weight is 278 g/mol.